The predicted molar refractivity (Wildman–Crippen MR) is 124 cm³/mol. The SMILES string of the molecule is CC(C)Nc1nc(C(C)O)cc2cnc(Nc3ccc(N4CCNC[C@@H]4C)cn3)nc12. The van der Waals surface area contributed by atoms with Crippen molar-refractivity contribution in [3.63, 3.8) is 0 Å². The van der Waals surface area contributed by atoms with Crippen LogP contribution in [0.15, 0.2) is 30.6 Å². The van der Waals surface area contributed by atoms with E-state index in [-0.39, 0.29) is 6.04 Å². The van der Waals surface area contributed by atoms with Crippen LogP contribution >= 0.6 is 0 Å². The standard InChI is InChI=1S/C22H30N8O/c1-13(2)26-21-20-16(9-18(27-21)15(4)31)11-25-22(29-20)28-19-6-5-17(12-24-19)30-8-7-23-10-14(30)3/h5-6,9,11-15,23,31H,7-8,10H2,1-4H3,(H,26,27)(H,24,25,28,29)/t14-,15?/m0/s1. The van der Waals surface area contributed by atoms with Gasteiger partial charge in [-0.25, -0.2) is 19.9 Å². The van der Waals surface area contributed by atoms with E-state index in [4.69, 9.17) is 0 Å². The number of rotatable bonds is 6. The van der Waals surface area contributed by atoms with Crippen LogP contribution in [0.1, 0.15) is 39.5 Å². The fraction of sp³-hybridized carbons (Fsp3) is 0.455. The van der Waals surface area contributed by atoms with Crippen LogP contribution in [0.4, 0.5) is 23.3 Å². The first-order valence-electron chi connectivity index (χ1n) is 10.7. The molecule has 31 heavy (non-hydrogen) atoms. The van der Waals surface area contributed by atoms with Crippen molar-refractivity contribution in [1.29, 1.82) is 0 Å². The summed E-state index contributed by atoms with van der Waals surface area (Å²) in [6.07, 6.45) is 2.95. The fourth-order valence-corrected chi connectivity index (χ4v) is 3.68. The number of aliphatic hydroxyl groups excluding tert-OH is 1. The number of hydrogen-bond donors (Lipinski definition) is 4. The van der Waals surface area contributed by atoms with Gasteiger partial charge in [0.05, 0.1) is 23.7 Å². The molecule has 3 aromatic heterocycles. The Morgan fingerprint density at radius 2 is 2.00 bits per heavy atom. The Labute approximate surface area is 182 Å². The van der Waals surface area contributed by atoms with Gasteiger partial charge in [-0.3, -0.25) is 0 Å². The molecule has 1 aliphatic heterocycles. The van der Waals surface area contributed by atoms with Gasteiger partial charge < -0.3 is 26.0 Å². The normalized spacial score (nSPS) is 17.7. The molecule has 0 saturated carbocycles. The molecule has 0 aliphatic carbocycles. The van der Waals surface area contributed by atoms with Crippen molar-refractivity contribution in [2.75, 3.05) is 35.2 Å². The molecule has 4 heterocycles. The van der Waals surface area contributed by atoms with Crippen LogP contribution in [-0.4, -0.2) is 56.8 Å². The van der Waals surface area contributed by atoms with Crippen LogP contribution in [-0.2, 0) is 0 Å². The number of nitrogens with zero attached hydrogens (tertiary/aromatic N) is 5. The lowest BCUT2D eigenvalue weighted by atomic mass is 10.2. The molecule has 1 aliphatic rings. The third kappa shape index (κ3) is 4.83. The van der Waals surface area contributed by atoms with Gasteiger partial charge in [-0.2, -0.15) is 0 Å². The van der Waals surface area contributed by atoms with E-state index in [2.05, 4.69) is 53.8 Å². The molecule has 0 aromatic carbocycles. The molecular weight excluding hydrogens is 392 g/mol. The number of nitrogens with one attached hydrogen (secondary N) is 3. The molecule has 1 unspecified atom stereocenters. The van der Waals surface area contributed by atoms with Crippen molar-refractivity contribution >= 4 is 34.2 Å². The summed E-state index contributed by atoms with van der Waals surface area (Å²) in [4.78, 5) is 20.6. The first-order chi connectivity index (χ1) is 14.9. The van der Waals surface area contributed by atoms with Crippen molar-refractivity contribution in [3.05, 3.63) is 36.3 Å². The second-order valence-electron chi connectivity index (χ2n) is 8.28. The monoisotopic (exact) mass is 422 g/mol. The lowest BCUT2D eigenvalue weighted by Crippen LogP contribution is -2.49. The zero-order chi connectivity index (χ0) is 22.0. The Morgan fingerprint density at radius 1 is 1.16 bits per heavy atom. The zero-order valence-electron chi connectivity index (χ0n) is 18.4. The molecule has 4 N–H and O–H groups in total. The molecule has 9 heteroatoms. The van der Waals surface area contributed by atoms with Crippen LogP contribution in [0.25, 0.3) is 10.9 Å². The van der Waals surface area contributed by atoms with Gasteiger partial charge in [-0.1, -0.05) is 0 Å². The number of fused-ring (bicyclic) bond motifs is 1. The van der Waals surface area contributed by atoms with E-state index in [1.54, 1.807) is 13.1 Å². The molecule has 0 bridgehead atoms. The summed E-state index contributed by atoms with van der Waals surface area (Å²) in [5.74, 6) is 1.75. The van der Waals surface area contributed by atoms with Gasteiger partial charge in [0, 0.05) is 43.3 Å². The Hall–Kier alpha value is -3.04. The summed E-state index contributed by atoms with van der Waals surface area (Å²) in [5, 5.41) is 20.7. The number of anilines is 4. The Morgan fingerprint density at radius 3 is 2.68 bits per heavy atom. The van der Waals surface area contributed by atoms with Gasteiger partial charge in [0.1, 0.15) is 11.3 Å². The lowest BCUT2D eigenvalue weighted by molar-refractivity contribution is 0.194. The van der Waals surface area contributed by atoms with Crippen LogP contribution < -0.4 is 20.9 Å². The quantitative estimate of drug-likeness (QED) is 0.476. The third-order valence-electron chi connectivity index (χ3n) is 5.26. The fourth-order valence-electron chi connectivity index (χ4n) is 3.68. The Kier molecular flexibility index (Phi) is 6.15. The summed E-state index contributed by atoms with van der Waals surface area (Å²) in [6.45, 7) is 10.9. The van der Waals surface area contributed by atoms with E-state index in [0.717, 1.165) is 30.7 Å². The molecule has 0 spiro atoms. The molecular formula is C22H30N8O. The highest BCUT2D eigenvalue weighted by molar-refractivity contribution is 5.89. The summed E-state index contributed by atoms with van der Waals surface area (Å²) in [5.41, 5.74) is 2.39. The number of aromatic nitrogens is 4. The molecule has 0 radical (unpaired) electrons. The zero-order valence-corrected chi connectivity index (χ0v) is 18.4. The van der Waals surface area contributed by atoms with Crippen LogP contribution in [0.3, 0.4) is 0 Å². The topological polar surface area (TPSA) is 111 Å². The van der Waals surface area contributed by atoms with Crippen molar-refractivity contribution in [3.8, 4) is 0 Å². The van der Waals surface area contributed by atoms with Crippen molar-refractivity contribution < 1.29 is 5.11 Å². The number of aliphatic hydroxyl groups is 1. The summed E-state index contributed by atoms with van der Waals surface area (Å²) in [7, 11) is 0. The highest BCUT2D eigenvalue weighted by atomic mass is 16.3. The maximum absolute atomic E-state index is 9.97. The molecule has 3 aromatic rings. The maximum Gasteiger partial charge on any atom is 0.229 e. The average molecular weight is 423 g/mol. The predicted octanol–water partition coefficient (Wildman–Crippen LogP) is 2.84. The average Bonchev–Trinajstić information content (AvgIpc) is 2.74. The van der Waals surface area contributed by atoms with Crippen LogP contribution in [0.5, 0.6) is 0 Å². The molecule has 1 saturated heterocycles. The minimum Gasteiger partial charge on any atom is -0.387 e. The molecule has 0 amide bonds. The molecule has 4 rings (SSSR count). The van der Waals surface area contributed by atoms with Gasteiger partial charge in [0.2, 0.25) is 5.95 Å². The van der Waals surface area contributed by atoms with Gasteiger partial charge >= 0.3 is 0 Å². The van der Waals surface area contributed by atoms with E-state index in [0.29, 0.717) is 34.8 Å². The van der Waals surface area contributed by atoms with E-state index in [9.17, 15) is 5.11 Å². The van der Waals surface area contributed by atoms with E-state index >= 15 is 0 Å². The summed E-state index contributed by atoms with van der Waals surface area (Å²) >= 11 is 0. The van der Waals surface area contributed by atoms with E-state index in [1.165, 1.54) is 0 Å². The molecule has 2 atom stereocenters. The van der Waals surface area contributed by atoms with Crippen molar-refractivity contribution in [2.45, 2.75) is 45.9 Å². The minimum atomic E-state index is -0.670. The second kappa shape index (κ2) is 8.99. The largest absolute Gasteiger partial charge is 0.387 e. The van der Waals surface area contributed by atoms with Crippen molar-refractivity contribution in [1.82, 2.24) is 25.3 Å². The van der Waals surface area contributed by atoms with E-state index in [1.807, 2.05) is 32.2 Å². The summed E-state index contributed by atoms with van der Waals surface area (Å²) < 4.78 is 0. The number of pyridine rings is 2. The van der Waals surface area contributed by atoms with Gasteiger partial charge in [0.15, 0.2) is 5.82 Å². The second-order valence-corrected chi connectivity index (χ2v) is 8.28. The molecule has 1 fully saturated rings. The minimum absolute atomic E-state index is 0.174. The Bertz CT molecular complexity index is 1040. The highest BCUT2D eigenvalue weighted by Gasteiger charge is 2.18. The summed E-state index contributed by atoms with van der Waals surface area (Å²) in [6, 6.07) is 6.44. The first kappa shape index (κ1) is 21.2. The van der Waals surface area contributed by atoms with Gasteiger partial charge in [-0.15, -0.1) is 0 Å². The lowest BCUT2D eigenvalue weighted by Gasteiger charge is -2.35. The van der Waals surface area contributed by atoms with E-state index < -0.39 is 6.10 Å². The first-order valence-corrected chi connectivity index (χ1v) is 10.7. The highest BCUT2D eigenvalue weighted by Crippen LogP contribution is 2.26. The molecule has 9 nitrogen and oxygen atoms in total. The smallest absolute Gasteiger partial charge is 0.229 e. The Balaban J connectivity index is 1.59. The number of piperazine rings is 1. The third-order valence-corrected chi connectivity index (χ3v) is 5.26. The van der Waals surface area contributed by atoms with Gasteiger partial charge in [0.25, 0.3) is 0 Å². The molecule has 164 valence electrons. The van der Waals surface area contributed by atoms with Crippen LogP contribution in [0, 0.1) is 0 Å². The number of hydrogen-bond acceptors (Lipinski definition) is 9. The van der Waals surface area contributed by atoms with Crippen LogP contribution in [0.2, 0.25) is 0 Å². The maximum atomic E-state index is 9.97. The van der Waals surface area contributed by atoms with Gasteiger partial charge in [-0.05, 0) is 45.9 Å². The van der Waals surface area contributed by atoms with Crippen molar-refractivity contribution in [2.24, 2.45) is 0 Å².